The zero-order valence-electron chi connectivity index (χ0n) is 11.7. The SMILES string of the molecule is C=C/C=C(\C=C/Cl)C(=C/C(=C)C(=C)C)/C(C)CC. The molecule has 0 saturated heterocycles. The van der Waals surface area contributed by atoms with E-state index in [2.05, 4.69) is 39.7 Å². The topological polar surface area (TPSA) is 0 Å². The van der Waals surface area contributed by atoms with Crippen LogP contribution in [-0.4, -0.2) is 0 Å². The van der Waals surface area contributed by atoms with Gasteiger partial charge in [0.15, 0.2) is 0 Å². The van der Waals surface area contributed by atoms with Crippen molar-refractivity contribution in [2.24, 2.45) is 5.92 Å². The minimum Gasteiger partial charge on any atom is -0.0990 e. The Bertz CT molecular complexity index is 405. The molecule has 0 aromatic heterocycles. The second kappa shape index (κ2) is 8.77. The molecule has 0 aliphatic carbocycles. The Morgan fingerprint density at radius 1 is 1.33 bits per heavy atom. The van der Waals surface area contributed by atoms with Gasteiger partial charge in [-0.05, 0) is 42.1 Å². The monoisotopic (exact) mass is 262 g/mol. The van der Waals surface area contributed by atoms with Gasteiger partial charge in [0, 0.05) is 5.54 Å². The molecule has 0 N–H and O–H groups in total. The summed E-state index contributed by atoms with van der Waals surface area (Å²) in [5.41, 5.74) is 5.72. The summed E-state index contributed by atoms with van der Waals surface area (Å²) < 4.78 is 0. The Morgan fingerprint density at radius 3 is 2.33 bits per heavy atom. The molecular weight excluding hydrogens is 240 g/mol. The molecule has 0 radical (unpaired) electrons. The highest BCUT2D eigenvalue weighted by molar-refractivity contribution is 6.25. The molecule has 98 valence electrons. The number of hydrogen-bond acceptors (Lipinski definition) is 0. The molecule has 0 heterocycles. The van der Waals surface area contributed by atoms with Crippen LogP contribution in [0.25, 0.3) is 0 Å². The van der Waals surface area contributed by atoms with Crippen LogP contribution >= 0.6 is 11.6 Å². The second-order valence-electron chi connectivity index (χ2n) is 4.36. The molecule has 0 rings (SSSR count). The van der Waals surface area contributed by atoms with Gasteiger partial charge in [-0.15, -0.1) is 0 Å². The van der Waals surface area contributed by atoms with E-state index in [0.29, 0.717) is 5.92 Å². The van der Waals surface area contributed by atoms with Crippen molar-refractivity contribution < 1.29 is 0 Å². The van der Waals surface area contributed by atoms with Crippen LogP contribution in [0.2, 0.25) is 0 Å². The molecule has 0 aliphatic heterocycles. The first kappa shape index (κ1) is 16.7. The second-order valence-corrected chi connectivity index (χ2v) is 4.62. The van der Waals surface area contributed by atoms with E-state index in [1.807, 2.05) is 19.1 Å². The average molecular weight is 263 g/mol. The summed E-state index contributed by atoms with van der Waals surface area (Å²) in [5, 5.41) is 0. The lowest BCUT2D eigenvalue weighted by molar-refractivity contribution is 0.664. The van der Waals surface area contributed by atoms with Gasteiger partial charge in [-0.3, -0.25) is 0 Å². The van der Waals surface area contributed by atoms with Gasteiger partial charge < -0.3 is 0 Å². The summed E-state index contributed by atoms with van der Waals surface area (Å²) in [4.78, 5) is 0. The largest absolute Gasteiger partial charge is 0.0990 e. The summed E-state index contributed by atoms with van der Waals surface area (Å²) in [7, 11) is 0. The molecule has 1 heteroatoms. The maximum atomic E-state index is 5.70. The molecule has 0 aliphatic rings. The van der Waals surface area contributed by atoms with Crippen molar-refractivity contribution in [1.29, 1.82) is 0 Å². The Hall–Kier alpha value is -1.27. The quantitative estimate of drug-likeness (QED) is 0.497. The number of halogens is 1. The van der Waals surface area contributed by atoms with E-state index in [0.717, 1.165) is 23.1 Å². The van der Waals surface area contributed by atoms with Crippen LogP contribution in [0.1, 0.15) is 27.2 Å². The molecule has 0 aromatic carbocycles. The third kappa shape index (κ3) is 5.37. The van der Waals surface area contributed by atoms with Crippen LogP contribution in [0.3, 0.4) is 0 Å². The zero-order chi connectivity index (χ0) is 14.1. The van der Waals surface area contributed by atoms with Gasteiger partial charge in [0.2, 0.25) is 0 Å². The smallest absolute Gasteiger partial charge is 0.00485 e. The fraction of sp³-hybridized carbons (Fsp3) is 0.294. The summed E-state index contributed by atoms with van der Waals surface area (Å²) >= 11 is 5.70. The van der Waals surface area contributed by atoms with Crippen molar-refractivity contribution in [2.75, 3.05) is 0 Å². The summed E-state index contributed by atoms with van der Waals surface area (Å²) in [6, 6.07) is 0. The highest BCUT2D eigenvalue weighted by atomic mass is 35.5. The van der Waals surface area contributed by atoms with Crippen molar-refractivity contribution in [2.45, 2.75) is 27.2 Å². The highest BCUT2D eigenvalue weighted by Crippen LogP contribution is 2.26. The molecule has 0 spiro atoms. The molecule has 1 unspecified atom stereocenters. The van der Waals surface area contributed by atoms with Gasteiger partial charge in [-0.25, -0.2) is 0 Å². The number of rotatable bonds is 7. The first-order valence-electron chi connectivity index (χ1n) is 6.14. The van der Waals surface area contributed by atoms with E-state index in [1.165, 1.54) is 11.1 Å². The van der Waals surface area contributed by atoms with Crippen molar-refractivity contribution in [3.8, 4) is 0 Å². The standard InChI is InChI=1S/C17H23Cl/c1-7-9-16(10-11-18)17(14(5)8-2)12-15(6)13(3)4/h7,9-12,14H,1,3,6,8H2,2,4-5H3/b11-10-,16-9+,17-12+. The molecule has 0 saturated carbocycles. The zero-order valence-corrected chi connectivity index (χ0v) is 12.4. The molecule has 0 bridgehead atoms. The molecule has 0 amide bonds. The minimum absolute atomic E-state index is 0.431. The van der Waals surface area contributed by atoms with E-state index in [4.69, 9.17) is 11.6 Å². The lowest BCUT2D eigenvalue weighted by Gasteiger charge is -2.16. The summed E-state index contributed by atoms with van der Waals surface area (Å²) in [6.45, 7) is 18.0. The van der Waals surface area contributed by atoms with Crippen LogP contribution < -0.4 is 0 Å². The van der Waals surface area contributed by atoms with Crippen LogP contribution in [-0.2, 0) is 0 Å². The maximum Gasteiger partial charge on any atom is 0.00485 e. The van der Waals surface area contributed by atoms with Gasteiger partial charge in [0.05, 0.1) is 0 Å². The number of hydrogen-bond donors (Lipinski definition) is 0. The normalized spacial score (nSPS) is 14.7. The predicted molar refractivity (Wildman–Crippen MR) is 84.8 cm³/mol. The predicted octanol–water partition coefficient (Wildman–Crippen LogP) is 5.96. The van der Waals surface area contributed by atoms with E-state index < -0.39 is 0 Å². The van der Waals surface area contributed by atoms with Gasteiger partial charge in [-0.2, -0.15) is 0 Å². The molecular formula is C17H23Cl. The molecule has 18 heavy (non-hydrogen) atoms. The van der Waals surface area contributed by atoms with Gasteiger partial charge in [0.1, 0.15) is 0 Å². The molecule has 0 nitrogen and oxygen atoms in total. The summed E-state index contributed by atoms with van der Waals surface area (Å²) in [6.07, 6.45) is 8.75. The fourth-order valence-corrected chi connectivity index (χ4v) is 1.62. The van der Waals surface area contributed by atoms with Crippen LogP contribution in [0.5, 0.6) is 0 Å². The van der Waals surface area contributed by atoms with E-state index >= 15 is 0 Å². The van der Waals surface area contributed by atoms with Crippen molar-refractivity contribution in [3.05, 3.63) is 71.9 Å². The first-order chi connectivity index (χ1) is 8.47. The van der Waals surface area contributed by atoms with Gasteiger partial charge in [-0.1, -0.05) is 69.0 Å². The van der Waals surface area contributed by atoms with E-state index in [9.17, 15) is 0 Å². The van der Waals surface area contributed by atoms with Crippen molar-refractivity contribution >= 4 is 11.6 Å². The van der Waals surface area contributed by atoms with E-state index in [1.54, 1.807) is 6.08 Å². The van der Waals surface area contributed by atoms with Crippen molar-refractivity contribution in [3.63, 3.8) is 0 Å². The van der Waals surface area contributed by atoms with Crippen LogP contribution in [0.4, 0.5) is 0 Å². The Kier molecular flexibility index (Phi) is 8.15. The Balaban J connectivity index is 5.60. The molecule has 1 atom stereocenters. The van der Waals surface area contributed by atoms with Gasteiger partial charge >= 0.3 is 0 Å². The van der Waals surface area contributed by atoms with E-state index in [-0.39, 0.29) is 0 Å². The average Bonchev–Trinajstić information content (AvgIpc) is 2.34. The lowest BCUT2D eigenvalue weighted by Crippen LogP contribution is -2.01. The fourth-order valence-electron chi connectivity index (χ4n) is 1.48. The van der Waals surface area contributed by atoms with Crippen LogP contribution in [0, 0.1) is 5.92 Å². The Morgan fingerprint density at radius 2 is 1.94 bits per heavy atom. The molecule has 0 fully saturated rings. The first-order valence-corrected chi connectivity index (χ1v) is 6.57. The summed E-state index contributed by atoms with van der Waals surface area (Å²) in [5.74, 6) is 0.431. The third-order valence-electron chi connectivity index (χ3n) is 2.89. The highest BCUT2D eigenvalue weighted by Gasteiger charge is 2.10. The Labute approximate surface area is 117 Å². The van der Waals surface area contributed by atoms with Crippen molar-refractivity contribution in [1.82, 2.24) is 0 Å². The lowest BCUT2D eigenvalue weighted by atomic mass is 9.89. The van der Waals surface area contributed by atoms with Gasteiger partial charge in [0.25, 0.3) is 0 Å². The molecule has 0 aromatic rings. The third-order valence-corrected chi connectivity index (χ3v) is 3.02. The van der Waals surface area contributed by atoms with Crippen LogP contribution in [0.15, 0.2) is 71.9 Å². The minimum atomic E-state index is 0.431. The number of allylic oxidation sites excluding steroid dienone is 8. The maximum absolute atomic E-state index is 5.70.